The third-order valence-corrected chi connectivity index (χ3v) is 5.79. The maximum Gasteiger partial charge on any atom is 0.126 e. The molecule has 0 spiro atoms. The standard InChI is InChI=1S/C20H25NO3/c1-23-19-7-6-15(17-4-2-3-5-18(17)19)10-21-11-16-8-9-24-14-20(16,12-21)13-22/h2-7,16,22H,8-14H2,1H3/t16-,20+/m0/s1. The molecule has 2 atom stereocenters. The fourth-order valence-corrected chi connectivity index (χ4v) is 4.44. The van der Waals surface area contributed by atoms with Crippen LogP contribution in [0.3, 0.4) is 0 Å². The Morgan fingerprint density at radius 1 is 1.25 bits per heavy atom. The molecular formula is C20H25NO3. The molecular weight excluding hydrogens is 302 g/mol. The maximum atomic E-state index is 9.95. The minimum absolute atomic E-state index is 0.0689. The average Bonchev–Trinajstić information content (AvgIpc) is 3.00. The van der Waals surface area contributed by atoms with E-state index in [1.807, 2.05) is 0 Å². The Hall–Kier alpha value is -1.62. The highest BCUT2D eigenvalue weighted by atomic mass is 16.5. The van der Waals surface area contributed by atoms with Gasteiger partial charge in [-0.05, 0) is 29.4 Å². The SMILES string of the molecule is COc1ccc(CN2C[C@@H]3CCOC[C@]3(CO)C2)c2ccccc12. The molecule has 128 valence electrons. The highest BCUT2D eigenvalue weighted by molar-refractivity contribution is 5.91. The van der Waals surface area contributed by atoms with E-state index in [-0.39, 0.29) is 12.0 Å². The van der Waals surface area contributed by atoms with Gasteiger partial charge < -0.3 is 14.6 Å². The highest BCUT2D eigenvalue weighted by Gasteiger charge is 2.47. The number of ether oxygens (including phenoxy) is 2. The second-order valence-corrected chi connectivity index (χ2v) is 7.20. The van der Waals surface area contributed by atoms with Crippen molar-refractivity contribution in [3.8, 4) is 5.75 Å². The summed E-state index contributed by atoms with van der Waals surface area (Å²) < 4.78 is 11.2. The summed E-state index contributed by atoms with van der Waals surface area (Å²) in [5.74, 6) is 1.46. The number of aliphatic hydroxyl groups excluding tert-OH is 1. The van der Waals surface area contributed by atoms with Crippen molar-refractivity contribution in [2.75, 3.05) is 40.0 Å². The number of benzene rings is 2. The van der Waals surface area contributed by atoms with Gasteiger partial charge in [0.05, 0.1) is 20.3 Å². The van der Waals surface area contributed by atoms with Crippen LogP contribution < -0.4 is 4.74 Å². The second kappa shape index (κ2) is 6.36. The van der Waals surface area contributed by atoms with E-state index in [4.69, 9.17) is 9.47 Å². The number of hydrogen-bond acceptors (Lipinski definition) is 4. The first kappa shape index (κ1) is 15.9. The van der Waals surface area contributed by atoms with Crippen LogP contribution in [0.5, 0.6) is 5.75 Å². The summed E-state index contributed by atoms with van der Waals surface area (Å²) in [5.41, 5.74) is 1.25. The molecule has 0 amide bonds. The number of aliphatic hydroxyl groups is 1. The van der Waals surface area contributed by atoms with Crippen molar-refractivity contribution in [2.24, 2.45) is 11.3 Å². The first-order valence-corrected chi connectivity index (χ1v) is 8.71. The molecule has 2 aromatic carbocycles. The number of methoxy groups -OCH3 is 1. The van der Waals surface area contributed by atoms with Gasteiger partial charge in [-0.15, -0.1) is 0 Å². The van der Waals surface area contributed by atoms with Crippen LogP contribution in [0.1, 0.15) is 12.0 Å². The number of rotatable bonds is 4. The molecule has 4 rings (SSSR count). The zero-order valence-corrected chi connectivity index (χ0v) is 14.2. The van der Waals surface area contributed by atoms with E-state index in [0.29, 0.717) is 12.5 Å². The van der Waals surface area contributed by atoms with E-state index in [2.05, 4.69) is 41.3 Å². The van der Waals surface area contributed by atoms with Gasteiger partial charge in [-0.1, -0.05) is 30.3 Å². The molecule has 2 heterocycles. The van der Waals surface area contributed by atoms with Crippen LogP contribution >= 0.6 is 0 Å². The molecule has 2 aliphatic heterocycles. The molecule has 0 aromatic heterocycles. The summed E-state index contributed by atoms with van der Waals surface area (Å²) >= 11 is 0. The molecule has 2 fully saturated rings. The van der Waals surface area contributed by atoms with Crippen LogP contribution in [0.2, 0.25) is 0 Å². The summed E-state index contributed by atoms with van der Waals surface area (Å²) in [6.07, 6.45) is 1.06. The molecule has 0 unspecified atom stereocenters. The van der Waals surface area contributed by atoms with Gasteiger partial charge in [0.1, 0.15) is 5.75 Å². The predicted molar refractivity (Wildman–Crippen MR) is 94.2 cm³/mol. The van der Waals surface area contributed by atoms with Gasteiger partial charge in [-0.25, -0.2) is 0 Å². The topological polar surface area (TPSA) is 41.9 Å². The lowest BCUT2D eigenvalue weighted by molar-refractivity contribution is -0.0561. The Morgan fingerprint density at radius 3 is 2.83 bits per heavy atom. The zero-order valence-electron chi connectivity index (χ0n) is 14.2. The van der Waals surface area contributed by atoms with Gasteiger partial charge in [-0.3, -0.25) is 4.90 Å². The molecule has 4 heteroatoms. The van der Waals surface area contributed by atoms with Crippen molar-refractivity contribution in [3.05, 3.63) is 42.0 Å². The Bertz CT molecular complexity index is 732. The minimum Gasteiger partial charge on any atom is -0.496 e. The molecule has 2 saturated heterocycles. The van der Waals surface area contributed by atoms with Crippen LogP contribution in [-0.4, -0.2) is 50.0 Å². The van der Waals surface area contributed by atoms with E-state index in [1.165, 1.54) is 10.9 Å². The van der Waals surface area contributed by atoms with Crippen LogP contribution in [-0.2, 0) is 11.3 Å². The van der Waals surface area contributed by atoms with Crippen molar-refractivity contribution in [1.82, 2.24) is 4.90 Å². The van der Waals surface area contributed by atoms with Gasteiger partial charge in [-0.2, -0.15) is 0 Å². The van der Waals surface area contributed by atoms with Crippen molar-refractivity contribution in [1.29, 1.82) is 0 Å². The average molecular weight is 327 g/mol. The maximum absolute atomic E-state index is 9.95. The smallest absolute Gasteiger partial charge is 0.126 e. The molecule has 0 bridgehead atoms. The van der Waals surface area contributed by atoms with E-state index in [1.54, 1.807) is 7.11 Å². The van der Waals surface area contributed by atoms with Crippen molar-refractivity contribution in [2.45, 2.75) is 13.0 Å². The molecule has 1 N–H and O–H groups in total. The lowest BCUT2D eigenvalue weighted by atomic mass is 9.76. The van der Waals surface area contributed by atoms with Crippen molar-refractivity contribution in [3.63, 3.8) is 0 Å². The Labute approximate surface area is 143 Å². The second-order valence-electron chi connectivity index (χ2n) is 7.20. The third-order valence-electron chi connectivity index (χ3n) is 5.79. The van der Waals surface area contributed by atoms with Gasteiger partial charge in [0.15, 0.2) is 0 Å². The van der Waals surface area contributed by atoms with E-state index in [9.17, 15) is 5.11 Å². The normalized spacial score (nSPS) is 27.3. The van der Waals surface area contributed by atoms with Gasteiger partial charge in [0.2, 0.25) is 0 Å². The number of nitrogens with zero attached hydrogens (tertiary/aromatic N) is 1. The van der Waals surface area contributed by atoms with Crippen LogP contribution in [0.25, 0.3) is 10.8 Å². The van der Waals surface area contributed by atoms with Crippen LogP contribution in [0.4, 0.5) is 0 Å². The van der Waals surface area contributed by atoms with E-state index < -0.39 is 0 Å². The van der Waals surface area contributed by atoms with Gasteiger partial charge in [0.25, 0.3) is 0 Å². The lowest BCUT2D eigenvalue weighted by Gasteiger charge is -2.36. The first-order chi connectivity index (χ1) is 11.8. The molecule has 2 aromatic rings. The number of likely N-dealkylation sites (tertiary alicyclic amines) is 1. The Kier molecular flexibility index (Phi) is 4.21. The van der Waals surface area contributed by atoms with Crippen molar-refractivity contribution < 1.29 is 14.6 Å². The molecule has 0 saturated carbocycles. The fourth-order valence-electron chi connectivity index (χ4n) is 4.44. The van der Waals surface area contributed by atoms with Crippen LogP contribution in [0.15, 0.2) is 36.4 Å². The molecule has 24 heavy (non-hydrogen) atoms. The summed E-state index contributed by atoms with van der Waals surface area (Å²) in [7, 11) is 1.72. The molecule has 4 nitrogen and oxygen atoms in total. The third kappa shape index (κ3) is 2.59. The fraction of sp³-hybridized carbons (Fsp3) is 0.500. The number of hydrogen-bond donors (Lipinski definition) is 1. The predicted octanol–water partition coefficient (Wildman–Crippen LogP) is 2.68. The lowest BCUT2D eigenvalue weighted by Crippen LogP contribution is -2.42. The van der Waals surface area contributed by atoms with Gasteiger partial charge in [0, 0.05) is 37.0 Å². The largest absolute Gasteiger partial charge is 0.496 e. The zero-order chi connectivity index (χ0) is 16.6. The highest BCUT2D eigenvalue weighted by Crippen LogP contribution is 2.42. The van der Waals surface area contributed by atoms with E-state index >= 15 is 0 Å². The molecule has 2 aliphatic rings. The summed E-state index contributed by atoms with van der Waals surface area (Å²) in [4.78, 5) is 2.48. The summed E-state index contributed by atoms with van der Waals surface area (Å²) in [6.45, 7) is 4.60. The summed E-state index contributed by atoms with van der Waals surface area (Å²) in [6, 6.07) is 12.7. The van der Waals surface area contributed by atoms with Crippen LogP contribution in [0, 0.1) is 11.3 Å². The number of fused-ring (bicyclic) bond motifs is 2. The molecule has 0 aliphatic carbocycles. The van der Waals surface area contributed by atoms with Crippen molar-refractivity contribution >= 4 is 10.8 Å². The summed E-state index contributed by atoms with van der Waals surface area (Å²) in [5, 5.41) is 12.4. The molecule has 0 radical (unpaired) electrons. The quantitative estimate of drug-likeness (QED) is 0.937. The minimum atomic E-state index is -0.0689. The Morgan fingerprint density at radius 2 is 2.08 bits per heavy atom. The monoisotopic (exact) mass is 327 g/mol. The Balaban J connectivity index is 1.61. The van der Waals surface area contributed by atoms with Gasteiger partial charge >= 0.3 is 0 Å². The van der Waals surface area contributed by atoms with E-state index in [0.717, 1.165) is 43.8 Å². The first-order valence-electron chi connectivity index (χ1n) is 8.71.